The van der Waals surface area contributed by atoms with Crippen LogP contribution in [-0.2, 0) is 11.3 Å². The largest absolute Gasteiger partial charge is 0.493 e. The third-order valence-electron chi connectivity index (χ3n) is 4.17. The molecular formula is C20H23N3O4S. The third-order valence-corrected chi connectivity index (χ3v) is 5.04. The Morgan fingerprint density at radius 3 is 2.46 bits per heavy atom. The van der Waals surface area contributed by atoms with Gasteiger partial charge in [0.2, 0.25) is 11.7 Å². The quantitative estimate of drug-likeness (QED) is 0.564. The molecule has 1 heterocycles. The van der Waals surface area contributed by atoms with E-state index >= 15 is 0 Å². The zero-order valence-electron chi connectivity index (χ0n) is 16.3. The zero-order valence-corrected chi connectivity index (χ0v) is 17.1. The Kier molecular flexibility index (Phi) is 6.30. The molecule has 0 fully saturated rings. The number of fused-ring (bicyclic) bond motifs is 1. The number of carbonyl (C=O) groups excluding carboxylic acids is 1. The van der Waals surface area contributed by atoms with Gasteiger partial charge < -0.3 is 24.5 Å². The van der Waals surface area contributed by atoms with Gasteiger partial charge in [0.05, 0.1) is 38.1 Å². The number of benzene rings is 2. The molecule has 3 aromatic rings. The van der Waals surface area contributed by atoms with Crippen LogP contribution in [0, 0.1) is 6.92 Å². The van der Waals surface area contributed by atoms with Gasteiger partial charge in [0.15, 0.2) is 16.7 Å². The fourth-order valence-electron chi connectivity index (χ4n) is 2.79. The zero-order chi connectivity index (χ0) is 20.1. The Hall–Kier alpha value is -2.87. The van der Waals surface area contributed by atoms with Crippen molar-refractivity contribution in [1.29, 1.82) is 0 Å². The number of rotatable bonds is 8. The van der Waals surface area contributed by atoms with Crippen LogP contribution in [0.1, 0.15) is 11.1 Å². The van der Waals surface area contributed by atoms with Crippen molar-refractivity contribution in [3.63, 3.8) is 0 Å². The average Bonchev–Trinajstić information content (AvgIpc) is 3.11. The van der Waals surface area contributed by atoms with Gasteiger partial charge in [-0.2, -0.15) is 0 Å². The van der Waals surface area contributed by atoms with E-state index in [9.17, 15) is 4.79 Å². The molecule has 0 aliphatic carbocycles. The van der Waals surface area contributed by atoms with Crippen LogP contribution in [0.25, 0.3) is 11.0 Å². The summed E-state index contributed by atoms with van der Waals surface area (Å²) in [5, 5.41) is 3.62. The monoisotopic (exact) mass is 401 g/mol. The van der Waals surface area contributed by atoms with E-state index in [1.165, 1.54) is 11.8 Å². The summed E-state index contributed by atoms with van der Waals surface area (Å²) in [7, 11) is 4.68. The minimum absolute atomic E-state index is 0.0876. The molecule has 2 aromatic carbocycles. The van der Waals surface area contributed by atoms with Gasteiger partial charge in [-0.3, -0.25) is 4.79 Å². The second kappa shape index (κ2) is 8.88. The molecule has 0 aliphatic rings. The van der Waals surface area contributed by atoms with Crippen LogP contribution >= 0.6 is 11.8 Å². The molecule has 1 amide bonds. The Morgan fingerprint density at radius 1 is 1.11 bits per heavy atom. The second-order valence-electron chi connectivity index (χ2n) is 6.16. The number of carbonyl (C=O) groups is 1. The minimum atomic E-state index is -0.0876. The highest BCUT2D eigenvalue weighted by Crippen LogP contribution is 2.38. The highest BCUT2D eigenvalue weighted by atomic mass is 32.2. The van der Waals surface area contributed by atoms with Gasteiger partial charge in [0.25, 0.3) is 0 Å². The van der Waals surface area contributed by atoms with E-state index in [0.717, 1.165) is 27.3 Å². The van der Waals surface area contributed by atoms with Crippen molar-refractivity contribution in [2.45, 2.75) is 18.6 Å². The average molecular weight is 401 g/mol. The van der Waals surface area contributed by atoms with Crippen molar-refractivity contribution in [2.24, 2.45) is 0 Å². The number of ether oxygens (including phenoxy) is 3. The van der Waals surface area contributed by atoms with Gasteiger partial charge in [-0.05, 0) is 42.3 Å². The molecule has 0 atom stereocenters. The van der Waals surface area contributed by atoms with E-state index in [2.05, 4.69) is 15.3 Å². The lowest BCUT2D eigenvalue weighted by Crippen LogP contribution is -2.24. The summed E-state index contributed by atoms with van der Waals surface area (Å²) in [5.74, 6) is 1.81. The molecule has 0 saturated heterocycles. The van der Waals surface area contributed by atoms with Crippen LogP contribution in [0.5, 0.6) is 17.2 Å². The van der Waals surface area contributed by atoms with Crippen LogP contribution in [0.15, 0.2) is 35.5 Å². The summed E-state index contributed by atoms with van der Waals surface area (Å²) >= 11 is 1.37. The molecule has 148 valence electrons. The van der Waals surface area contributed by atoms with E-state index in [-0.39, 0.29) is 11.7 Å². The van der Waals surface area contributed by atoms with Crippen LogP contribution in [0.2, 0.25) is 0 Å². The molecule has 1 aromatic heterocycles. The van der Waals surface area contributed by atoms with Crippen LogP contribution < -0.4 is 19.5 Å². The Morgan fingerprint density at radius 2 is 1.82 bits per heavy atom. The summed E-state index contributed by atoms with van der Waals surface area (Å²) in [4.78, 5) is 20.0. The standard InChI is InChI=1S/C20H23N3O4S/c1-12-5-6-14-15(7-12)23-20(22-14)28-11-18(24)21-10-13-8-16(25-2)19(27-4)17(9-13)26-3/h5-9H,10-11H2,1-4H3,(H,21,24)(H,22,23). The van der Waals surface area contributed by atoms with E-state index in [1.807, 2.05) is 37.3 Å². The first-order chi connectivity index (χ1) is 13.5. The summed E-state index contributed by atoms with van der Waals surface area (Å²) in [5.41, 5.74) is 3.88. The number of methoxy groups -OCH3 is 3. The Bertz CT molecular complexity index is 962. The van der Waals surface area contributed by atoms with Crippen LogP contribution in [-0.4, -0.2) is 43.0 Å². The van der Waals surface area contributed by atoms with Gasteiger partial charge in [-0.25, -0.2) is 4.98 Å². The maximum atomic E-state index is 12.2. The lowest BCUT2D eigenvalue weighted by molar-refractivity contribution is -0.118. The normalized spacial score (nSPS) is 10.7. The summed E-state index contributed by atoms with van der Waals surface area (Å²) in [6.07, 6.45) is 0. The lowest BCUT2D eigenvalue weighted by atomic mass is 10.2. The summed E-state index contributed by atoms with van der Waals surface area (Å²) in [6, 6.07) is 9.65. The number of nitrogens with zero attached hydrogens (tertiary/aromatic N) is 1. The maximum absolute atomic E-state index is 12.2. The van der Waals surface area contributed by atoms with Gasteiger partial charge in [0, 0.05) is 6.54 Å². The molecule has 28 heavy (non-hydrogen) atoms. The predicted molar refractivity (Wildman–Crippen MR) is 109 cm³/mol. The Balaban J connectivity index is 1.59. The number of nitrogens with one attached hydrogen (secondary N) is 2. The summed E-state index contributed by atoms with van der Waals surface area (Å²) in [6.45, 7) is 2.39. The number of aryl methyl sites for hydroxylation is 1. The molecule has 0 saturated carbocycles. The van der Waals surface area contributed by atoms with Crippen molar-refractivity contribution in [3.05, 3.63) is 41.5 Å². The fraction of sp³-hybridized carbons (Fsp3) is 0.300. The molecule has 0 aliphatic heterocycles. The number of imidazole rings is 1. The molecular weight excluding hydrogens is 378 g/mol. The van der Waals surface area contributed by atoms with E-state index in [1.54, 1.807) is 21.3 Å². The number of hydrogen-bond donors (Lipinski definition) is 2. The molecule has 3 rings (SSSR count). The first kappa shape index (κ1) is 19.9. The predicted octanol–water partition coefficient (Wildman–Crippen LogP) is 3.31. The highest BCUT2D eigenvalue weighted by Gasteiger charge is 2.14. The number of aromatic nitrogens is 2. The van der Waals surface area contributed by atoms with E-state index in [0.29, 0.717) is 23.8 Å². The number of thioether (sulfide) groups is 1. The smallest absolute Gasteiger partial charge is 0.230 e. The number of aromatic amines is 1. The first-order valence-corrected chi connectivity index (χ1v) is 9.67. The molecule has 0 spiro atoms. The van der Waals surface area contributed by atoms with Gasteiger partial charge in [-0.1, -0.05) is 17.8 Å². The lowest BCUT2D eigenvalue weighted by Gasteiger charge is -2.14. The molecule has 0 unspecified atom stereocenters. The molecule has 0 bridgehead atoms. The minimum Gasteiger partial charge on any atom is -0.493 e. The second-order valence-corrected chi connectivity index (χ2v) is 7.13. The van der Waals surface area contributed by atoms with Crippen molar-refractivity contribution in [1.82, 2.24) is 15.3 Å². The first-order valence-electron chi connectivity index (χ1n) is 8.68. The number of hydrogen-bond acceptors (Lipinski definition) is 6. The van der Waals surface area contributed by atoms with Gasteiger partial charge in [0.1, 0.15) is 0 Å². The van der Waals surface area contributed by atoms with Crippen molar-refractivity contribution >= 4 is 28.7 Å². The van der Waals surface area contributed by atoms with Gasteiger partial charge in [-0.15, -0.1) is 0 Å². The number of amides is 1. The van der Waals surface area contributed by atoms with E-state index < -0.39 is 0 Å². The topological polar surface area (TPSA) is 85.5 Å². The molecule has 0 radical (unpaired) electrons. The van der Waals surface area contributed by atoms with Crippen LogP contribution in [0.4, 0.5) is 0 Å². The van der Waals surface area contributed by atoms with Gasteiger partial charge >= 0.3 is 0 Å². The van der Waals surface area contributed by atoms with Crippen molar-refractivity contribution in [2.75, 3.05) is 27.1 Å². The van der Waals surface area contributed by atoms with Crippen LogP contribution in [0.3, 0.4) is 0 Å². The Labute approximate surface area is 167 Å². The van der Waals surface area contributed by atoms with Crippen molar-refractivity contribution in [3.8, 4) is 17.2 Å². The SMILES string of the molecule is COc1cc(CNC(=O)CSc2nc3ccc(C)cc3[nH]2)cc(OC)c1OC. The molecule has 8 heteroatoms. The summed E-state index contributed by atoms with van der Waals surface area (Å²) < 4.78 is 16.0. The maximum Gasteiger partial charge on any atom is 0.230 e. The fourth-order valence-corrected chi connectivity index (χ4v) is 3.51. The number of H-pyrrole nitrogens is 1. The van der Waals surface area contributed by atoms with E-state index in [4.69, 9.17) is 14.2 Å². The molecule has 2 N–H and O–H groups in total. The molecule has 7 nitrogen and oxygen atoms in total. The van der Waals surface area contributed by atoms with Crippen molar-refractivity contribution < 1.29 is 19.0 Å². The third kappa shape index (κ3) is 4.51. The highest BCUT2D eigenvalue weighted by molar-refractivity contribution is 7.99.